The number of pyridine rings is 2. The molecule has 0 bridgehead atoms. The lowest BCUT2D eigenvalue weighted by molar-refractivity contribution is 0.668. The fourth-order valence-electron chi connectivity index (χ4n) is 19.8. The fourth-order valence-corrected chi connectivity index (χ4v) is 19.8. The zero-order valence-corrected chi connectivity index (χ0v) is 71.6. The van der Waals surface area contributed by atoms with E-state index in [4.69, 9.17) is 18.2 Å². The molecule has 0 atom stereocenters. The summed E-state index contributed by atoms with van der Waals surface area (Å²) in [6.07, 6.45) is 5.70. The summed E-state index contributed by atoms with van der Waals surface area (Å²) in [4.78, 5) is 9.16. The minimum Gasteiger partial charge on any atom is -0.456 e. The normalized spacial score (nSPS) is 11.6. The molecule has 0 radical (unpaired) electrons. The van der Waals surface area contributed by atoms with Crippen LogP contribution >= 0.6 is 0 Å². The Bertz CT molecular complexity index is 8220. The predicted molar refractivity (Wildman–Crippen MR) is 549 cm³/mol. The SMILES string of the molecule is c1cc(-c2cccc(-c3ccc4oc5ccccc5c4c3)c2)cc(-c2cccc(-n3c4ccccc4c4ccccc43)c2)c1.c1cc(-c2cccc(-c3ccc4oc5ccccc5c4c3)c2)cc(-c2cccc(-n3c4ccccc4c4ccncc43)c2)c1.c1cc(-c2cccc(-c3ccc4oc5ccccc5c4c3)c2)cc(-c2cccc(-n3c4ccccc4c4ncccc43)c2)c1. The van der Waals surface area contributed by atoms with Gasteiger partial charge in [0.25, 0.3) is 0 Å². The van der Waals surface area contributed by atoms with Crippen LogP contribution in [0.4, 0.5) is 0 Å². The second-order valence-corrected chi connectivity index (χ2v) is 33.9. The molecule has 0 saturated carbocycles. The van der Waals surface area contributed by atoms with E-state index in [1.165, 1.54) is 138 Å². The Kier molecular flexibility index (Phi) is 18.8. The molecule has 0 aliphatic heterocycles. The van der Waals surface area contributed by atoms with Gasteiger partial charge in [0.15, 0.2) is 0 Å². The van der Waals surface area contributed by atoms with Crippen molar-refractivity contribution in [3.63, 3.8) is 0 Å². The number of fused-ring (bicyclic) bond motifs is 18. The van der Waals surface area contributed by atoms with Crippen molar-refractivity contribution in [2.24, 2.45) is 0 Å². The highest BCUT2D eigenvalue weighted by Gasteiger charge is 2.21. The number of aromatic nitrogens is 5. The zero-order chi connectivity index (χ0) is 87.1. The fraction of sp³-hybridized carbons (Fsp3) is 0. The van der Waals surface area contributed by atoms with Crippen LogP contribution in [0.5, 0.6) is 0 Å². The molecule has 0 aliphatic rings. The van der Waals surface area contributed by atoms with Gasteiger partial charge in [-0.25, -0.2) is 0 Å². The van der Waals surface area contributed by atoms with Crippen molar-refractivity contribution in [1.82, 2.24) is 23.7 Å². The van der Waals surface area contributed by atoms with E-state index in [1.54, 1.807) is 0 Å². The van der Waals surface area contributed by atoms with Gasteiger partial charge < -0.3 is 27.0 Å². The van der Waals surface area contributed by atoms with Gasteiger partial charge in [-0.2, -0.15) is 0 Å². The van der Waals surface area contributed by atoms with E-state index >= 15 is 0 Å². The van der Waals surface area contributed by atoms with E-state index in [0.717, 1.165) is 110 Å². The molecule has 8 aromatic heterocycles. The molecule has 8 heteroatoms. The lowest BCUT2D eigenvalue weighted by atomic mass is 9.95. The van der Waals surface area contributed by atoms with Crippen molar-refractivity contribution in [3.05, 3.63) is 480 Å². The maximum absolute atomic E-state index is 6.06. The van der Waals surface area contributed by atoms with Crippen LogP contribution in [0.3, 0.4) is 0 Å². The number of benzene rings is 19. The standard InChI is InChI=1S/C42H27NO.2C41H26N2O/c1-4-19-39-35(16-1)36-17-2-5-20-40(36)43(39)34-15-9-14-32(26-34)30-12-7-10-28(24-30)29-11-8-13-31(25-29)33-22-23-42-38(27-33)37-18-3-6-21-41(37)44-42;1-3-17-37-35(16-1)41-38(18-8-22-42-41)43(37)33-14-7-13-31(25-33)29-11-5-9-27(23-29)28-10-6-12-30(24-28)32-20-21-40-36(26-32)34-15-2-4-19-39(34)44-40;1-3-16-38-34(14-1)35-20-21-42-26-39(35)43(38)33-13-7-12-31(24-33)29-10-5-8-27(22-29)28-9-6-11-30(23-28)32-18-19-41-37(25-32)36-15-2-4-17-40(36)44-41/h1-27H;2*1-26H. The molecule has 8 nitrogen and oxygen atoms in total. The van der Waals surface area contributed by atoms with Gasteiger partial charge in [0.1, 0.15) is 33.5 Å². The Morgan fingerprint density at radius 2 is 0.394 bits per heavy atom. The highest BCUT2D eigenvalue weighted by atomic mass is 16.3. The number of furan rings is 3. The first-order chi connectivity index (χ1) is 65.4. The summed E-state index contributed by atoms with van der Waals surface area (Å²) < 4.78 is 25.2. The molecular formula is C124H79N5O3. The van der Waals surface area contributed by atoms with Gasteiger partial charge >= 0.3 is 0 Å². The van der Waals surface area contributed by atoms with Crippen LogP contribution < -0.4 is 0 Å². The Labute approximate surface area is 760 Å². The number of para-hydroxylation sites is 7. The molecular weight excluding hydrogens is 1610 g/mol. The van der Waals surface area contributed by atoms with Crippen LogP contribution in [-0.2, 0) is 0 Å². The minimum atomic E-state index is 0.915. The van der Waals surface area contributed by atoms with Gasteiger partial charge in [-0.15, -0.1) is 0 Å². The smallest absolute Gasteiger partial charge is 0.135 e. The van der Waals surface area contributed by atoms with Crippen molar-refractivity contribution in [3.8, 4) is 117 Å². The summed E-state index contributed by atoms with van der Waals surface area (Å²) in [7, 11) is 0. The van der Waals surface area contributed by atoms with Gasteiger partial charge in [0, 0.05) is 88.7 Å². The maximum Gasteiger partial charge on any atom is 0.135 e. The van der Waals surface area contributed by atoms with Crippen molar-refractivity contribution < 1.29 is 13.3 Å². The maximum atomic E-state index is 6.06. The second-order valence-electron chi connectivity index (χ2n) is 33.9. The first kappa shape index (κ1) is 76.7. The van der Waals surface area contributed by atoms with Gasteiger partial charge in [-0.1, -0.05) is 291 Å². The predicted octanol–water partition coefficient (Wildman–Crippen LogP) is 33.8. The highest BCUT2D eigenvalue weighted by Crippen LogP contribution is 2.43. The van der Waals surface area contributed by atoms with Crippen molar-refractivity contribution in [2.45, 2.75) is 0 Å². The molecule has 19 aromatic carbocycles. The molecule has 0 unspecified atom stereocenters. The third-order valence-electron chi connectivity index (χ3n) is 26.1. The van der Waals surface area contributed by atoms with Gasteiger partial charge in [-0.3, -0.25) is 9.97 Å². The molecule has 27 aromatic rings. The van der Waals surface area contributed by atoms with Crippen LogP contribution in [0.1, 0.15) is 0 Å². The molecule has 0 amide bonds. The largest absolute Gasteiger partial charge is 0.456 e. The first-order valence-corrected chi connectivity index (χ1v) is 44.7. The molecule has 132 heavy (non-hydrogen) atoms. The van der Waals surface area contributed by atoms with Crippen LogP contribution in [0.15, 0.2) is 493 Å². The molecule has 8 heterocycles. The second kappa shape index (κ2) is 32.3. The summed E-state index contributed by atoms with van der Waals surface area (Å²) >= 11 is 0. The average molecular weight is 1690 g/mol. The molecule has 0 saturated heterocycles. The van der Waals surface area contributed by atoms with Gasteiger partial charge in [0.2, 0.25) is 0 Å². The molecule has 0 spiro atoms. The number of hydrogen-bond acceptors (Lipinski definition) is 5. The minimum absolute atomic E-state index is 0.915. The number of rotatable bonds is 12. The van der Waals surface area contributed by atoms with E-state index in [9.17, 15) is 0 Å². The number of nitrogens with zero attached hydrogens (tertiary/aromatic N) is 5. The van der Waals surface area contributed by atoms with E-state index < -0.39 is 0 Å². The quantitative estimate of drug-likeness (QED) is 0.122. The molecule has 618 valence electrons. The number of hydrogen-bond donors (Lipinski definition) is 0. The third-order valence-corrected chi connectivity index (χ3v) is 26.1. The average Bonchev–Trinajstić information content (AvgIpc) is 1.60. The molecule has 0 fully saturated rings. The highest BCUT2D eigenvalue weighted by molar-refractivity contribution is 6.13. The van der Waals surface area contributed by atoms with E-state index in [-0.39, 0.29) is 0 Å². The van der Waals surface area contributed by atoms with E-state index in [0.29, 0.717) is 0 Å². The topological polar surface area (TPSA) is 80.0 Å². The first-order valence-electron chi connectivity index (χ1n) is 44.7. The molecule has 0 aliphatic carbocycles. The van der Waals surface area contributed by atoms with E-state index in [1.807, 2.05) is 61.1 Å². The molecule has 0 N–H and O–H groups in total. The Balaban J connectivity index is 0.000000106. The summed E-state index contributed by atoms with van der Waals surface area (Å²) in [5, 5.41) is 13.0. The van der Waals surface area contributed by atoms with Crippen LogP contribution in [0.2, 0.25) is 0 Å². The lowest BCUT2D eigenvalue weighted by Gasteiger charge is -2.12. The van der Waals surface area contributed by atoms with Crippen LogP contribution in [-0.4, -0.2) is 23.7 Å². The van der Waals surface area contributed by atoms with Crippen LogP contribution in [0.25, 0.3) is 249 Å². The van der Waals surface area contributed by atoms with Crippen molar-refractivity contribution >= 4 is 131 Å². The zero-order valence-electron chi connectivity index (χ0n) is 71.6. The van der Waals surface area contributed by atoms with Crippen molar-refractivity contribution in [1.29, 1.82) is 0 Å². The van der Waals surface area contributed by atoms with Crippen molar-refractivity contribution in [2.75, 3.05) is 0 Å². The Morgan fingerprint density at radius 1 is 0.152 bits per heavy atom. The monoisotopic (exact) mass is 1690 g/mol. The summed E-state index contributed by atoms with van der Waals surface area (Å²) in [5.41, 5.74) is 38.3. The van der Waals surface area contributed by atoms with Crippen LogP contribution in [0, 0.1) is 0 Å². The lowest BCUT2D eigenvalue weighted by Crippen LogP contribution is -1.94. The van der Waals surface area contributed by atoms with Gasteiger partial charge in [0.05, 0.1) is 44.8 Å². The Morgan fingerprint density at radius 3 is 0.735 bits per heavy atom. The molecule has 27 rings (SSSR count). The third kappa shape index (κ3) is 13.7. The summed E-state index contributed by atoms with van der Waals surface area (Å²) in [5.74, 6) is 0. The summed E-state index contributed by atoms with van der Waals surface area (Å²) in [6, 6.07) is 164. The van der Waals surface area contributed by atoms with Gasteiger partial charge in [-0.05, 0) is 270 Å². The summed E-state index contributed by atoms with van der Waals surface area (Å²) in [6.45, 7) is 0. The Hall–Kier alpha value is -17.7. The van der Waals surface area contributed by atoms with E-state index in [2.05, 4.69) is 437 Å².